The van der Waals surface area contributed by atoms with Crippen LogP contribution < -0.4 is 5.69 Å². The fraction of sp³-hybridized carbons (Fsp3) is 0.529. The van der Waals surface area contributed by atoms with E-state index >= 15 is 0 Å². The number of nitrogens with zero attached hydrogens (tertiary/aromatic N) is 4. The zero-order valence-electron chi connectivity index (χ0n) is 14.2. The van der Waals surface area contributed by atoms with Gasteiger partial charge in [0.25, 0.3) is 0 Å². The molecular formula is C17H22N4O3. The number of aromatic nitrogens is 4. The summed E-state index contributed by atoms with van der Waals surface area (Å²) in [4.78, 5) is 29.3. The van der Waals surface area contributed by atoms with Crippen molar-refractivity contribution in [2.75, 3.05) is 0 Å². The SMILES string of the molecule is CC(C)(C)OC(=O)C1CCCc2nn(Cc3cccnc3)c(=O)n21. The Balaban J connectivity index is 1.91. The smallest absolute Gasteiger partial charge is 0.347 e. The van der Waals surface area contributed by atoms with Gasteiger partial charge in [-0.15, -0.1) is 0 Å². The van der Waals surface area contributed by atoms with Crippen molar-refractivity contribution in [3.63, 3.8) is 0 Å². The van der Waals surface area contributed by atoms with Crippen LogP contribution in [0.25, 0.3) is 0 Å². The lowest BCUT2D eigenvalue weighted by molar-refractivity contribution is -0.159. The second kappa shape index (κ2) is 6.22. The van der Waals surface area contributed by atoms with Crippen LogP contribution in [0.4, 0.5) is 0 Å². The fourth-order valence-corrected chi connectivity index (χ4v) is 2.89. The Bertz CT molecular complexity index is 786. The van der Waals surface area contributed by atoms with Gasteiger partial charge in [0.2, 0.25) is 0 Å². The van der Waals surface area contributed by atoms with E-state index in [0.29, 0.717) is 25.2 Å². The maximum atomic E-state index is 12.7. The molecule has 0 radical (unpaired) electrons. The Morgan fingerprint density at radius 1 is 1.42 bits per heavy atom. The van der Waals surface area contributed by atoms with Crippen molar-refractivity contribution in [2.24, 2.45) is 0 Å². The first-order chi connectivity index (χ1) is 11.3. The van der Waals surface area contributed by atoms with E-state index in [0.717, 1.165) is 12.0 Å². The second-order valence-electron chi connectivity index (χ2n) is 7.03. The maximum absolute atomic E-state index is 12.7. The Labute approximate surface area is 140 Å². The van der Waals surface area contributed by atoms with Crippen molar-refractivity contribution >= 4 is 5.97 Å². The molecule has 7 heteroatoms. The van der Waals surface area contributed by atoms with E-state index in [9.17, 15) is 9.59 Å². The summed E-state index contributed by atoms with van der Waals surface area (Å²) in [6, 6.07) is 3.12. The third-order valence-corrected chi connectivity index (χ3v) is 3.86. The molecule has 0 bridgehead atoms. The molecule has 0 aromatic carbocycles. The fourth-order valence-electron chi connectivity index (χ4n) is 2.89. The zero-order chi connectivity index (χ0) is 17.3. The van der Waals surface area contributed by atoms with Crippen molar-refractivity contribution in [3.8, 4) is 0 Å². The van der Waals surface area contributed by atoms with Gasteiger partial charge in [-0.05, 0) is 45.2 Å². The Morgan fingerprint density at radius 3 is 2.88 bits per heavy atom. The summed E-state index contributed by atoms with van der Waals surface area (Å²) >= 11 is 0. The standard InChI is InChI=1S/C17H22N4O3/c1-17(2,3)24-15(22)13-7-4-8-14-19-20(16(23)21(13)14)11-12-6-5-9-18-10-12/h5-6,9-10,13H,4,7-8,11H2,1-3H3. The van der Waals surface area contributed by atoms with Gasteiger partial charge in [-0.25, -0.2) is 14.3 Å². The lowest BCUT2D eigenvalue weighted by atomic mass is 10.0. The van der Waals surface area contributed by atoms with E-state index < -0.39 is 11.6 Å². The number of carbonyl (C=O) groups is 1. The summed E-state index contributed by atoms with van der Waals surface area (Å²) in [5.41, 5.74) is 0.0394. The van der Waals surface area contributed by atoms with E-state index in [4.69, 9.17) is 4.74 Å². The molecule has 1 aliphatic rings. The van der Waals surface area contributed by atoms with E-state index in [-0.39, 0.29) is 11.7 Å². The van der Waals surface area contributed by atoms with E-state index in [1.807, 2.05) is 32.9 Å². The molecule has 0 amide bonds. The molecule has 7 nitrogen and oxygen atoms in total. The summed E-state index contributed by atoms with van der Waals surface area (Å²) in [5.74, 6) is 0.275. The highest BCUT2D eigenvalue weighted by Gasteiger charge is 2.33. The van der Waals surface area contributed by atoms with Crippen molar-refractivity contribution in [1.29, 1.82) is 0 Å². The minimum Gasteiger partial charge on any atom is -0.458 e. The Morgan fingerprint density at radius 2 is 2.21 bits per heavy atom. The summed E-state index contributed by atoms with van der Waals surface area (Å²) in [6.07, 6.45) is 5.49. The quantitative estimate of drug-likeness (QED) is 0.801. The molecule has 0 spiro atoms. The minimum atomic E-state index is -0.594. The molecule has 1 atom stereocenters. The van der Waals surface area contributed by atoms with Gasteiger partial charge in [-0.2, -0.15) is 5.10 Å². The number of hydrogen-bond donors (Lipinski definition) is 0. The van der Waals surface area contributed by atoms with Crippen molar-refractivity contribution < 1.29 is 9.53 Å². The number of ether oxygens (including phenoxy) is 1. The van der Waals surface area contributed by atoms with Gasteiger partial charge in [-0.1, -0.05) is 6.07 Å². The number of fused-ring (bicyclic) bond motifs is 1. The Kier molecular flexibility index (Phi) is 4.26. The van der Waals surface area contributed by atoms with E-state index in [2.05, 4.69) is 10.1 Å². The van der Waals surface area contributed by atoms with Gasteiger partial charge < -0.3 is 4.74 Å². The largest absolute Gasteiger partial charge is 0.458 e. The molecule has 128 valence electrons. The van der Waals surface area contributed by atoms with Gasteiger partial charge in [-0.3, -0.25) is 9.55 Å². The molecule has 0 aliphatic carbocycles. The van der Waals surface area contributed by atoms with Crippen LogP contribution in [0.1, 0.15) is 51.0 Å². The van der Waals surface area contributed by atoms with Gasteiger partial charge in [0.15, 0.2) is 0 Å². The molecular weight excluding hydrogens is 308 g/mol. The monoisotopic (exact) mass is 330 g/mol. The second-order valence-corrected chi connectivity index (χ2v) is 7.03. The van der Waals surface area contributed by atoms with Gasteiger partial charge in [0.05, 0.1) is 6.54 Å². The predicted molar refractivity (Wildman–Crippen MR) is 87.6 cm³/mol. The van der Waals surface area contributed by atoms with E-state index in [1.54, 1.807) is 12.4 Å². The number of carbonyl (C=O) groups excluding carboxylic acids is 1. The topological polar surface area (TPSA) is 79.0 Å². The highest BCUT2D eigenvalue weighted by atomic mass is 16.6. The zero-order valence-corrected chi connectivity index (χ0v) is 14.2. The van der Waals surface area contributed by atoms with Crippen molar-refractivity contribution in [1.82, 2.24) is 19.3 Å². The van der Waals surface area contributed by atoms with Crippen LogP contribution in [0.15, 0.2) is 29.3 Å². The number of rotatable bonds is 3. The van der Waals surface area contributed by atoms with Crippen molar-refractivity contribution in [3.05, 3.63) is 46.4 Å². The highest BCUT2D eigenvalue weighted by molar-refractivity contribution is 5.74. The molecule has 2 aromatic heterocycles. The van der Waals surface area contributed by atoms with Crippen LogP contribution >= 0.6 is 0 Å². The van der Waals surface area contributed by atoms with Crippen LogP contribution in [-0.2, 0) is 22.5 Å². The molecule has 0 saturated carbocycles. The molecule has 0 fully saturated rings. The van der Waals surface area contributed by atoms with Gasteiger partial charge in [0, 0.05) is 18.8 Å². The molecule has 0 saturated heterocycles. The van der Waals surface area contributed by atoms with Crippen LogP contribution in [0.5, 0.6) is 0 Å². The first-order valence-corrected chi connectivity index (χ1v) is 8.15. The third-order valence-electron chi connectivity index (χ3n) is 3.86. The summed E-state index contributed by atoms with van der Waals surface area (Å²) in [5, 5.41) is 4.41. The third kappa shape index (κ3) is 3.39. The first kappa shape index (κ1) is 16.4. The van der Waals surface area contributed by atoms with Crippen LogP contribution in [0, 0.1) is 0 Å². The minimum absolute atomic E-state index is 0.274. The highest BCUT2D eigenvalue weighted by Crippen LogP contribution is 2.25. The molecule has 0 N–H and O–H groups in total. The van der Waals surface area contributed by atoms with Gasteiger partial charge in [0.1, 0.15) is 17.5 Å². The summed E-state index contributed by atoms with van der Waals surface area (Å²) in [6.45, 7) is 5.81. The normalized spacial score (nSPS) is 17.4. The van der Waals surface area contributed by atoms with Crippen LogP contribution in [0.3, 0.4) is 0 Å². The van der Waals surface area contributed by atoms with Gasteiger partial charge >= 0.3 is 11.7 Å². The number of aryl methyl sites for hydroxylation is 1. The average molecular weight is 330 g/mol. The lowest BCUT2D eigenvalue weighted by Gasteiger charge is -2.26. The molecule has 3 rings (SSSR count). The predicted octanol–water partition coefficient (Wildman–Crippen LogP) is 1.71. The molecule has 1 unspecified atom stereocenters. The average Bonchev–Trinajstić information content (AvgIpc) is 2.83. The first-order valence-electron chi connectivity index (χ1n) is 8.15. The molecule has 2 aromatic rings. The van der Waals surface area contributed by atoms with Crippen LogP contribution in [0.2, 0.25) is 0 Å². The maximum Gasteiger partial charge on any atom is 0.347 e. The summed E-state index contributed by atoms with van der Waals surface area (Å²) in [7, 11) is 0. The molecule has 3 heterocycles. The number of hydrogen-bond acceptors (Lipinski definition) is 5. The number of esters is 1. The summed E-state index contributed by atoms with van der Waals surface area (Å²) < 4.78 is 8.36. The Hall–Kier alpha value is -2.44. The number of pyridine rings is 1. The lowest BCUT2D eigenvalue weighted by Crippen LogP contribution is -2.38. The van der Waals surface area contributed by atoms with E-state index in [1.165, 1.54) is 9.25 Å². The molecule has 1 aliphatic heterocycles. The molecule has 24 heavy (non-hydrogen) atoms. The van der Waals surface area contributed by atoms with Crippen LogP contribution in [-0.4, -0.2) is 30.9 Å². The van der Waals surface area contributed by atoms with Crippen molar-refractivity contribution in [2.45, 2.75) is 58.2 Å².